The molecule has 0 unspecified atom stereocenters. The van der Waals surface area contributed by atoms with Crippen LogP contribution in [0.25, 0.3) is 11.0 Å². The van der Waals surface area contributed by atoms with E-state index in [0.29, 0.717) is 43.5 Å². The maximum atomic E-state index is 13.4. The zero-order chi connectivity index (χ0) is 22.6. The van der Waals surface area contributed by atoms with Gasteiger partial charge in [0.2, 0.25) is 0 Å². The van der Waals surface area contributed by atoms with Gasteiger partial charge < -0.3 is 14.6 Å². The molecule has 7 heteroatoms. The van der Waals surface area contributed by atoms with Crippen molar-refractivity contribution in [3.63, 3.8) is 0 Å². The second kappa shape index (κ2) is 7.36. The van der Waals surface area contributed by atoms with E-state index in [1.807, 2.05) is 43.0 Å². The van der Waals surface area contributed by atoms with Crippen LogP contribution in [0.4, 0.5) is 0 Å². The monoisotopic (exact) mass is 433 g/mol. The molecule has 0 radical (unpaired) electrons. The molecule has 32 heavy (non-hydrogen) atoms. The molecule has 7 nitrogen and oxygen atoms in total. The summed E-state index contributed by atoms with van der Waals surface area (Å²) in [6.45, 7) is 5.15. The van der Waals surface area contributed by atoms with Crippen LogP contribution in [-0.2, 0) is 18.2 Å². The molecular formula is C25H27N3O4. The molecule has 1 spiro atoms. The summed E-state index contributed by atoms with van der Waals surface area (Å²) in [7, 11) is 1.71. The summed E-state index contributed by atoms with van der Waals surface area (Å²) in [5.74, 6) is -0.165. The number of H-pyrrole nitrogens is 1. The number of imidazole rings is 1. The molecule has 1 amide bonds. The van der Waals surface area contributed by atoms with Crippen molar-refractivity contribution < 1.29 is 14.3 Å². The van der Waals surface area contributed by atoms with Crippen molar-refractivity contribution in [2.24, 2.45) is 7.05 Å². The number of aromatic nitrogens is 2. The summed E-state index contributed by atoms with van der Waals surface area (Å²) in [5, 5.41) is 0. The van der Waals surface area contributed by atoms with Gasteiger partial charge in [-0.05, 0) is 35.2 Å². The van der Waals surface area contributed by atoms with E-state index in [0.717, 1.165) is 22.2 Å². The minimum atomic E-state index is -0.542. The fourth-order valence-electron chi connectivity index (χ4n) is 5.02. The first kappa shape index (κ1) is 20.5. The van der Waals surface area contributed by atoms with Crippen LogP contribution in [0.15, 0.2) is 41.2 Å². The number of piperidine rings is 1. The number of ether oxygens (including phenoxy) is 1. The number of carbonyl (C=O) groups excluding carboxylic acids is 2. The average molecular weight is 434 g/mol. The van der Waals surface area contributed by atoms with E-state index in [4.69, 9.17) is 4.74 Å². The zero-order valence-corrected chi connectivity index (χ0v) is 18.6. The van der Waals surface area contributed by atoms with Gasteiger partial charge in [-0.1, -0.05) is 32.0 Å². The van der Waals surface area contributed by atoms with Crippen LogP contribution in [0, 0.1) is 0 Å². The van der Waals surface area contributed by atoms with Gasteiger partial charge in [0.15, 0.2) is 0 Å². The Morgan fingerprint density at radius 3 is 2.56 bits per heavy atom. The van der Waals surface area contributed by atoms with Crippen molar-refractivity contribution in [3.05, 3.63) is 69.1 Å². The summed E-state index contributed by atoms with van der Waals surface area (Å²) in [6, 6.07) is 11.3. The number of esters is 1. The molecule has 0 saturated carbocycles. The average Bonchev–Trinajstić information content (AvgIpc) is 3.06. The molecule has 3 heterocycles. The van der Waals surface area contributed by atoms with Crippen LogP contribution in [0.2, 0.25) is 0 Å². The number of rotatable bonds is 2. The van der Waals surface area contributed by atoms with Gasteiger partial charge in [0.1, 0.15) is 5.60 Å². The number of carbonyl (C=O) groups is 2. The summed E-state index contributed by atoms with van der Waals surface area (Å²) in [6.07, 6.45) is 1.91. The lowest BCUT2D eigenvalue weighted by atomic mass is 9.81. The predicted molar refractivity (Wildman–Crippen MR) is 121 cm³/mol. The fourth-order valence-corrected chi connectivity index (χ4v) is 5.02. The van der Waals surface area contributed by atoms with Crippen molar-refractivity contribution in [1.82, 2.24) is 14.5 Å². The largest absolute Gasteiger partial charge is 0.455 e. The van der Waals surface area contributed by atoms with E-state index in [1.165, 1.54) is 0 Å². The number of nitrogens with one attached hydrogen (secondary N) is 1. The molecule has 0 aliphatic carbocycles. The van der Waals surface area contributed by atoms with Crippen LogP contribution >= 0.6 is 0 Å². The molecule has 0 bridgehead atoms. The van der Waals surface area contributed by atoms with E-state index in [9.17, 15) is 14.4 Å². The van der Waals surface area contributed by atoms with Gasteiger partial charge in [-0.25, -0.2) is 9.59 Å². The third-order valence-corrected chi connectivity index (χ3v) is 6.94. The number of aryl methyl sites for hydroxylation is 1. The lowest BCUT2D eigenvalue weighted by molar-refractivity contribution is -0.0526. The molecular weight excluding hydrogens is 406 g/mol. The van der Waals surface area contributed by atoms with Gasteiger partial charge in [0.25, 0.3) is 5.91 Å². The molecule has 5 rings (SSSR count). The van der Waals surface area contributed by atoms with Crippen molar-refractivity contribution >= 4 is 22.9 Å². The van der Waals surface area contributed by atoms with Crippen molar-refractivity contribution in [2.45, 2.75) is 44.6 Å². The number of nitrogens with zero attached hydrogens (tertiary/aromatic N) is 2. The van der Waals surface area contributed by atoms with Crippen molar-refractivity contribution in [1.29, 1.82) is 0 Å². The molecule has 1 fully saturated rings. The molecule has 2 aromatic carbocycles. The second-order valence-corrected chi connectivity index (χ2v) is 9.30. The lowest BCUT2D eigenvalue weighted by Crippen LogP contribution is -2.51. The Bertz CT molecular complexity index is 1290. The Morgan fingerprint density at radius 2 is 1.84 bits per heavy atom. The Labute approximate surface area is 186 Å². The molecule has 1 saturated heterocycles. The van der Waals surface area contributed by atoms with E-state index >= 15 is 0 Å². The maximum Gasteiger partial charge on any atom is 0.338 e. The topological polar surface area (TPSA) is 84.4 Å². The molecule has 1 N–H and O–H groups in total. The minimum absolute atomic E-state index is 0.0557. The summed E-state index contributed by atoms with van der Waals surface area (Å²) in [4.78, 5) is 42.8. The van der Waals surface area contributed by atoms with Gasteiger partial charge in [0.05, 0.1) is 16.6 Å². The normalized spacial score (nSPS) is 17.6. The highest BCUT2D eigenvalue weighted by molar-refractivity contribution is 5.98. The molecule has 3 aromatic rings. The van der Waals surface area contributed by atoms with E-state index in [2.05, 4.69) is 4.98 Å². The van der Waals surface area contributed by atoms with Crippen LogP contribution < -0.4 is 5.69 Å². The van der Waals surface area contributed by atoms with Gasteiger partial charge in [-0.2, -0.15) is 0 Å². The van der Waals surface area contributed by atoms with Crippen molar-refractivity contribution in [3.8, 4) is 0 Å². The Kier molecular flexibility index (Phi) is 4.73. The molecule has 0 atom stereocenters. The minimum Gasteiger partial charge on any atom is -0.455 e. The highest BCUT2D eigenvalue weighted by Gasteiger charge is 2.43. The Balaban J connectivity index is 1.40. The zero-order valence-electron chi connectivity index (χ0n) is 18.6. The number of hydrogen-bond donors (Lipinski definition) is 1. The van der Waals surface area contributed by atoms with Gasteiger partial charge in [-0.3, -0.25) is 9.36 Å². The van der Waals surface area contributed by atoms with Crippen LogP contribution in [0.3, 0.4) is 0 Å². The fraction of sp³-hybridized carbons (Fsp3) is 0.400. The van der Waals surface area contributed by atoms with Gasteiger partial charge in [-0.15, -0.1) is 0 Å². The number of aromatic amines is 1. The standard InChI is InChI=1S/C25H27N3O4/c1-15(2)19-12-17(13-20-21(19)26-24(31)27(20)3)22(29)28-10-8-25(9-11-28)14-16-6-4-5-7-18(16)23(30)32-25/h4-7,12-13,15H,8-11,14H2,1-3H3,(H,26,31). The molecule has 2 aliphatic heterocycles. The number of amides is 1. The van der Waals surface area contributed by atoms with Crippen LogP contribution in [0.5, 0.6) is 0 Å². The second-order valence-electron chi connectivity index (χ2n) is 9.30. The van der Waals surface area contributed by atoms with E-state index < -0.39 is 5.60 Å². The third-order valence-electron chi connectivity index (χ3n) is 6.94. The number of likely N-dealkylation sites (tertiary alicyclic amines) is 1. The van der Waals surface area contributed by atoms with E-state index in [1.54, 1.807) is 23.7 Å². The maximum absolute atomic E-state index is 13.4. The summed E-state index contributed by atoms with van der Waals surface area (Å²) in [5.41, 5.74) is 3.98. The highest BCUT2D eigenvalue weighted by Crippen LogP contribution is 2.36. The smallest absolute Gasteiger partial charge is 0.338 e. The van der Waals surface area contributed by atoms with Crippen LogP contribution in [0.1, 0.15) is 64.4 Å². The highest BCUT2D eigenvalue weighted by atomic mass is 16.6. The summed E-state index contributed by atoms with van der Waals surface area (Å²) >= 11 is 0. The molecule has 1 aromatic heterocycles. The lowest BCUT2D eigenvalue weighted by Gasteiger charge is -2.43. The number of fused-ring (bicyclic) bond motifs is 2. The van der Waals surface area contributed by atoms with Crippen LogP contribution in [-0.4, -0.2) is 45.0 Å². The number of benzene rings is 2. The van der Waals surface area contributed by atoms with Crippen molar-refractivity contribution in [2.75, 3.05) is 13.1 Å². The SMILES string of the molecule is CC(C)c1cc(C(=O)N2CCC3(CC2)Cc2ccccc2C(=O)O3)cc2c1[nH]c(=O)n2C. The molecule has 2 aliphatic rings. The quantitative estimate of drug-likeness (QED) is 0.628. The number of hydrogen-bond acceptors (Lipinski definition) is 4. The first-order chi connectivity index (χ1) is 15.3. The Morgan fingerprint density at radius 1 is 1.12 bits per heavy atom. The Hall–Kier alpha value is -3.35. The first-order valence-electron chi connectivity index (χ1n) is 11.1. The van der Waals surface area contributed by atoms with Gasteiger partial charge >= 0.3 is 11.7 Å². The van der Waals surface area contributed by atoms with Gasteiger partial charge in [0, 0.05) is 45.0 Å². The first-order valence-corrected chi connectivity index (χ1v) is 11.1. The summed E-state index contributed by atoms with van der Waals surface area (Å²) < 4.78 is 7.43. The predicted octanol–water partition coefficient (Wildman–Crippen LogP) is 3.38. The van der Waals surface area contributed by atoms with E-state index in [-0.39, 0.29) is 23.5 Å². The third kappa shape index (κ3) is 3.23. The molecule has 166 valence electrons.